The fraction of sp³-hybridized carbons (Fsp3) is 0.391. The number of benzene rings is 2. The summed E-state index contributed by atoms with van der Waals surface area (Å²) in [5.74, 6) is 2.52. The van der Waals surface area contributed by atoms with Crippen molar-refractivity contribution < 1.29 is 4.39 Å². The van der Waals surface area contributed by atoms with E-state index in [1.54, 1.807) is 0 Å². The van der Waals surface area contributed by atoms with Crippen LogP contribution in [0.2, 0.25) is 0 Å². The Balaban J connectivity index is 1.29. The first kappa shape index (κ1) is 18.5. The smallest absolute Gasteiger partial charge is 0.147 e. The van der Waals surface area contributed by atoms with Gasteiger partial charge in [0.05, 0.1) is 6.54 Å². The molecule has 2 aliphatic rings. The monoisotopic (exact) mass is 391 g/mol. The SMILES string of the molecule is Fc1ccc(-c2cccc(CN3CCn4c(nnc4C4CCCNC4)C3)c2)cc1. The first-order valence-corrected chi connectivity index (χ1v) is 10.5. The molecule has 1 saturated heterocycles. The van der Waals surface area contributed by atoms with E-state index >= 15 is 0 Å². The van der Waals surface area contributed by atoms with Gasteiger partial charge in [0.15, 0.2) is 0 Å². The van der Waals surface area contributed by atoms with Crippen LogP contribution >= 0.6 is 0 Å². The van der Waals surface area contributed by atoms with Crippen molar-refractivity contribution in [3.8, 4) is 11.1 Å². The maximum Gasteiger partial charge on any atom is 0.147 e. The summed E-state index contributed by atoms with van der Waals surface area (Å²) in [6.07, 6.45) is 2.41. The molecule has 2 aliphatic heterocycles. The maximum atomic E-state index is 13.2. The molecule has 6 heteroatoms. The molecule has 3 aromatic rings. The molecule has 0 saturated carbocycles. The molecule has 150 valence electrons. The van der Waals surface area contributed by atoms with Gasteiger partial charge in [-0.05, 0) is 54.3 Å². The minimum absolute atomic E-state index is 0.203. The van der Waals surface area contributed by atoms with E-state index in [4.69, 9.17) is 0 Å². The molecule has 1 aromatic heterocycles. The van der Waals surface area contributed by atoms with E-state index in [0.29, 0.717) is 5.92 Å². The number of nitrogens with one attached hydrogen (secondary N) is 1. The predicted octanol–water partition coefficient (Wildman–Crippen LogP) is 3.57. The normalized spacial score (nSPS) is 19.8. The molecule has 0 radical (unpaired) electrons. The number of halogens is 1. The van der Waals surface area contributed by atoms with Gasteiger partial charge in [-0.2, -0.15) is 0 Å². The highest BCUT2D eigenvalue weighted by Gasteiger charge is 2.26. The Morgan fingerprint density at radius 3 is 2.76 bits per heavy atom. The van der Waals surface area contributed by atoms with Crippen LogP contribution in [0.1, 0.15) is 36.0 Å². The number of piperidine rings is 1. The summed E-state index contributed by atoms with van der Waals surface area (Å²) in [5.41, 5.74) is 3.42. The van der Waals surface area contributed by atoms with E-state index in [1.807, 2.05) is 12.1 Å². The maximum absolute atomic E-state index is 13.2. The fourth-order valence-electron chi connectivity index (χ4n) is 4.49. The number of aromatic nitrogens is 3. The Morgan fingerprint density at radius 2 is 1.93 bits per heavy atom. The average molecular weight is 391 g/mol. The lowest BCUT2D eigenvalue weighted by molar-refractivity contribution is 0.205. The third-order valence-corrected chi connectivity index (χ3v) is 6.03. The summed E-state index contributed by atoms with van der Waals surface area (Å²) in [4.78, 5) is 2.43. The second-order valence-electron chi connectivity index (χ2n) is 8.09. The summed E-state index contributed by atoms with van der Waals surface area (Å²) in [7, 11) is 0. The molecule has 0 spiro atoms. The van der Waals surface area contributed by atoms with Crippen molar-refractivity contribution in [3.05, 3.63) is 71.6 Å². The fourth-order valence-corrected chi connectivity index (χ4v) is 4.49. The molecular formula is C23H26FN5. The molecule has 1 N–H and O–H groups in total. The highest BCUT2D eigenvalue weighted by molar-refractivity contribution is 5.64. The molecule has 1 atom stereocenters. The van der Waals surface area contributed by atoms with Gasteiger partial charge in [-0.25, -0.2) is 4.39 Å². The van der Waals surface area contributed by atoms with Crippen LogP contribution in [0.25, 0.3) is 11.1 Å². The van der Waals surface area contributed by atoms with E-state index in [0.717, 1.165) is 62.0 Å². The molecule has 0 aliphatic carbocycles. The van der Waals surface area contributed by atoms with Gasteiger partial charge >= 0.3 is 0 Å². The Kier molecular flexibility index (Phi) is 5.12. The van der Waals surface area contributed by atoms with Gasteiger partial charge in [-0.3, -0.25) is 4.90 Å². The molecular weight excluding hydrogens is 365 g/mol. The van der Waals surface area contributed by atoms with Crippen molar-refractivity contribution in [2.24, 2.45) is 0 Å². The first-order valence-electron chi connectivity index (χ1n) is 10.5. The van der Waals surface area contributed by atoms with Crippen molar-refractivity contribution in [3.63, 3.8) is 0 Å². The number of fused-ring (bicyclic) bond motifs is 1. The van der Waals surface area contributed by atoms with Gasteiger partial charge in [-0.1, -0.05) is 30.3 Å². The van der Waals surface area contributed by atoms with E-state index in [-0.39, 0.29) is 5.82 Å². The molecule has 1 unspecified atom stereocenters. The molecule has 2 aromatic carbocycles. The predicted molar refractivity (Wildman–Crippen MR) is 111 cm³/mol. The zero-order chi connectivity index (χ0) is 19.6. The Morgan fingerprint density at radius 1 is 1.03 bits per heavy atom. The van der Waals surface area contributed by atoms with Gasteiger partial charge in [0.1, 0.15) is 17.5 Å². The molecule has 5 rings (SSSR count). The lowest BCUT2D eigenvalue weighted by Crippen LogP contribution is -2.35. The van der Waals surface area contributed by atoms with Crippen molar-refractivity contribution in [2.75, 3.05) is 19.6 Å². The van der Waals surface area contributed by atoms with Gasteiger partial charge in [0, 0.05) is 32.1 Å². The molecule has 29 heavy (non-hydrogen) atoms. The topological polar surface area (TPSA) is 46.0 Å². The van der Waals surface area contributed by atoms with Crippen molar-refractivity contribution >= 4 is 0 Å². The largest absolute Gasteiger partial charge is 0.316 e. The molecule has 0 amide bonds. The van der Waals surface area contributed by atoms with E-state index in [1.165, 1.54) is 30.5 Å². The third kappa shape index (κ3) is 3.95. The lowest BCUT2D eigenvalue weighted by Gasteiger charge is -2.29. The van der Waals surface area contributed by atoms with Crippen LogP contribution in [0.4, 0.5) is 4.39 Å². The number of nitrogens with zero attached hydrogens (tertiary/aromatic N) is 4. The summed E-state index contributed by atoms with van der Waals surface area (Å²) in [6.45, 7) is 5.78. The quantitative estimate of drug-likeness (QED) is 0.739. The first-order chi connectivity index (χ1) is 14.3. The molecule has 0 bridgehead atoms. The lowest BCUT2D eigenvalue weighted by atomic mass is 9.98. The van der Waals surface area contributed by atoms with Crippen LogP contribution in [0.5, 0.6) is 0 Å². The summed E-state index contributed by atoms with van der Waals surface area (Å²) >= 11 is 0. The standard InChI is InChI=1S/C23H26FN5/c24-21-8-6-18(7-9-21)19-4-1-3-17(13-19)15-28-11-12-29-22(16-28)26-27-23(29)20-5-2-10-25-14-20/h1,3-4,6-9,13,20,25H,2,5,10-12,14-16H2. The van der Waals surface area contributed by atoms with Gasteiger partial charge in [-0.15, -0.1) is 10.2 Å². The second kappa shape index (κ2) is 8.05. The Hall–Kier alpha value is -2.57. The van der Waals surface area contributed by atoms with Crippen LogP contribution in [0.15, 0.2) is 48.5 Å². The van der Waals surface area contributed by atoms with E-state index in [2.05, 4.69) is 49.2 Å². The Labute approximate surface area is 170 Å². The minimum Gasteiger partial charge on any atom is -0.316 e. The number of rotatable bonds is 4. The summed E-state index contributed by atoms with van der Waals surface area (Å²) < 4.78 is 15.5. The highest BCUT2D eigenvalue weighted by atomic mass is 19.1. The molecule has 1 fully saturated rings. The van der Waals surface area contributed by atoms with Crippen LogP contribution < -0.4 is 5.32 Å². The van der Waals surface area contributed by atoms with Gasteiger partial charge < -0.3 is 9.88 Å². The van der Waals surface area contributed by atoms with Crippen molar-refractivity contribution in [1.29, 1.82) is 0 Å². The summed E-state index contributed by atoms with van der Waals surface area (Å²) in [5, 5.41) is 12.5. The van der Waals surface area contributed by atoms with Crippen molar-refractivity contribution in [1.82, 2.24) is 25.0 Å². The zero-order valence-corrected chi connectivity index (χ0v) is 16.5. The number of hydrogen-bond acceptors (Lipinski definition) is 4. The van der Waals surface area contributed by atoms with Crippen molar-refractivity contribution in [2.45, 2.75) is 38.4 Å². The third-order valence-electron chi connectivity index (χ3n) is 6.03. The second-order valence-corrected chi connectivity index (χ2v) is 8.09. The van der Waals surface area contributed by atoms with Crippen LogP contribution in [0, 0.1) is 5.82 Å². The average Bonchev–Trinajstić information content (AvgIpc) is 3.18. The van der Waals surface area contributed by atoms with E-state index < -0.39 is 0 Å². The van der Waals surface area contributed by atoms with Crippen LogP contribution in [-0.4, -0.2) is 39.3 Å². The minimum atomic E-state index is -0.203. The van der Waals surface area contributed by atoms with E-state index in [9.17, 15) is 4.39 Å². The molecule has 5 nitrogen and oxygen atoms in total. The van der Waals surface area contributed by atoms with Gasteiger partial charge in [0.2, 0.25) is 0 Å². The Bertz CT molecular complexity index is 975. The van der Waals surface area contributed by atoms with Gasteiger partial charge in [0.25, 0.3) is 0 Å². The van der Waals surface area contributed by atoms with Crippen LogP contribution in [0.3, 0.4) is 0 Å². The highest BCUT2D eigenvalue weighted by Crippen LogP contribution is 2.26. The molecule has 3 heterocycles. The summed E-state index contributed by atoms with van der Waals surface area (Å²) in [6, 6.07) is 15.2. The van der Waals surface area contributed by atoms with Crippen LogP contribution in [-0.2, 0) is 19.6 Å². The zero-order valence-electron chi connectivity index (χ0n) is 16.5. The number of hydrogen-bond donors (Lipinski definition) is 1.